The van der Waals surface area contributed by atoms with Crippen molar-refractivity contribution in [3.05, 3.63) is 29.8 Å². The number of benzene rings is 1. The van der Waals surface area contributed by atoms with Crippen molar-refractivity contribution in [3.63, 3.8) is 0 Å². The molecular weight excluding hydrogens is 196 g/mol. The molecule has 1 aromatic carbocycles. The van der Waals surface area contributed by atoms with Crippen LogP contribution in [0.25, 0.3) is 0 Å². The summed E-state index contributed by atoms with van der Waals surface area (Å²) in [5, 5.41) is 0. The van der Waals surface area contributed by atoms with Crippen LogP contribution in [0.1, 0.15) is 5.56 Å². The maximum Gasteiger partial charge on any atom is 0.257 e. The van der Waals surface area contributed by atoms with Gasteiger partial charge in [-0.15, -0.1) is 0 Å². The number of ether oxygens (including phenoxy) is 1. The molecule has 0 saturated heterocycles. The molecule has 0 spiro atoms. The third-order valence-corrected chi connectivity index (χ3v) is 1.79. The number of rotatable bonds is 5. The first-order valence-electron chi connectivity index (χ1n) is 4.50. The van der Waals surface area contributed by atoms with Gasteiger partial charge in [0, 0.05) is 5.56 Å². The Balaban J connectivity index is 2.46. The minimum atomic E-state index is -0.357. The van der Waals surface area contributed by atoms with Crippen LogP contribution in [-0.4, -0.2) is 19.6 Å². The highest BCUT2D eigenvalue weighted by Gasteiger charge is 2.02. The number of hydrogen-bond donors (Lipinski definition) is 2. The normalized spacial score (nSPS) is 9.73. The van der Waals surface area contributed by atoms with Gasteiger partial charge in [-0.05, 0) is 6.07 Å². The summed E-state index contributed by atoms with van der Waals surface area (Å²) in [6.45, 7) is 0.154. The predicted molar refractivity (Wildman–Crippen MR) is 55.0 cm³/mol. The number of nitrogens with one attached hydrogen (secondary N) is 1. The summed E-state index contributed by atoms with van der Waals surface area (Å²) >= 11 is 0. The average Bonchev–Trinajstić information content (AvgIpc) is 2.29. The molecule has 0 bridgehead atoms. The lowest BCUT2D eigenvalue weighted by molar-refractivity contribution is -0.133. The summed E-state index contributed by atoms with van der Waals surface area (Å²) in [7, 11) is 1.58. The van der Waals surface area contributed by atoms with Gasteiger partial charge in [0.15, 0.2) is 0 Å². The topological polar surface area (TPSA) is 73.6 Å². The zero-order chi connectivity index (χ0) is 11.1. The Morgan fingerprint density at radius 1 is 1.47 bits per heavy atom. The first kappa shape index (κ1) is 11.5. The van der Waals surface area contributed by atoms with E-state index in [0.29, 0.717) is 0 Å². The van der Waals surface area contributed by atoms with Crippen LogP contribution in [-0.2, 0) is 16.2 Å². The summed E-state index contributed by atoms with van der Waals surface area (Å²) in [5.41, 5.74) is 8.16. The van der Waals surface area contributed by atoms with Gasteiger partial charge < -0.3 is 10.5 Å². The fourth-order valence-corrected chi connectivity index (χ4v) is 1.06. The largest absolute Gasteiger partial charge is 0.496 e. The van der Waals surface area contributed by atoms with Gasteiger partial charge in [-0.1, -0.05) is 18.2 Å². The Morgan fingerprint density at radius 3 is 2.87 bits per heavy atom. The monoisotopic (exact) mass is 210 g/mol. The Morgan fingerprint density at radius 2 is 2.20 bits per heavy atom. The Bertz CT molecular complexity index is 328. The molecule has 0 unspecified atom stereocenters. The quantitative estimate of drug-likeness (QED) is 0.681. The zero-order valence-electron chi connectivity index (χ0n) is 8.53. The van der Waals surface area contributed by atoms with Crippen molar-refractivity contribution < 1.29 is 14.4 Å². The van der Waals surface area contributed by atoms with Crippen LogP contribution >= 0.6 is 0 Å². The van der Waals surface area contributed by atoms with Crippen LogP contribution in [0.2, 0.25) is 0 Å². The summed E-state index contributed by atoms with van der Waals surface area (Å²) in [6, 6.07) is 7.41. The van der Waals surface area contributed by atoms with E-state index < -0.39 is 0 Å². The molecule has 0 fully saturated rings. The van der Waals surface area contributed by atoms with E-state index in [-0.39, 0.29) is 19.1 Å². The molecule has 0 saturated carbocycles. The van der Waals surface area contributed by atoms with E-state index in [9.17, 15) is 4.79 Å². The Kier molecular flexibility index (Phi) is 4.59. The second kappa shape index (κ2) is 6.00. The van der Waals surface area contributed by atoms with Gasteiger partial charge in [0.2, 0.25) is 0 Å². The first-order valence-corrected chi connectivity index (χ1v) is 4.50. The van der Waals surface area contributed by atoms with Crippen LogP contribution in [0.5, 0.6) is 5.75 Å². The van der Waals surface area contributed by atoms with Gasteiger partial charge in [0.25, 0.3) is 5.91 Å². The van der Waals surface area contributed by atoms with Crippen LogP contribution in [0, 0.1) is 0 Å². The summed E-state index contributed by atoms with van der Waals surface area (Å²) in [6.07, 6.45) is 0. The third-order valence-electron chi connectivity index (χ3n) is 1.79. The first-order chi connectivity index (χ1) is 7.27. The van der Waals surface area contributed by atoms with Crippen LogP contribution in [0.15, 0.2) is 24.3 Å². The minimum absolute atomic E-state index is 0.0913. The standard InChI is InChI=1S/C10H14N2O3/c1-14-9-5-3-2-4-8(9)7-15-12-10(13)6-11/h2-5H,6-7,11H2,1H3,(H,12,13). The predicted octanol–water partition coefficient (Wildman–Crippen LogP) is 0.202. The van der Waals surface area contributed by atoms with Gasteiger partial charge in [-0.2, -0.15) is 0 Å². The van der Waals surface area contributed by atoms with Gasteiger partial charge >= 0.3 is 0 Å². The molecule has 5 nitrogen and oxygen atoms in total. The summed E-state index contributed by atoms with van der Waals surface area (Å²) in [4.78, 5) is 15.7. The lowest BCUT2D eigenvalue weighted by Crippen LogP contribution is -2.30. The number of methoxy groups -OCH3 is 1. The Hall–Kier alpha value is -1.59. The SMILES string of the molecule is COc1ccccc1CONC(=O)CN. The van der Waals surface area contributed by atoms with Crippen molar-refractivity contribution in [3.8, 4) is 5.75 Å². The van der Waals surface area contributed by atoms with E-state index in [1.165, 1.54) is 0 Å². The Labute approximate surface area is 88.1 Å². The highest BCUT2D eigenvalue weighted by molar-refractivity contribution is 5.76. The van der Waals surface area contributed by atoms with E-state index in [4.69, 9.17) is 15.3 Å². The van der Waals surface area contributed by atoms with Crippen LogP contribution < -0.4 is 16.0 Å². The highest BCUT2D eigenvalue weighted by atomic mass is 16.7. The summed E-state index contributed by atoms with van der Waals surface area (Å²) in [5.74, 6) is 0.365. The number of hydroxylamine groups is 1. The van der Waals surface area contributed by atoms with Gasteiger partial charge in [-0.25, -0.2) is 5.48 Å². The number of amides is 1. The summed E-state index contributed by atoms with van der Waals surface area (Å²) < 4.78 is 5.11. The minimum Gasteiger partial charge on any atom is -0.496 e. The average molecular weight is 210 g/mol. The van der Waals surface area contributed by atoms with Crippen LogP contribution in [0.4, 0.5) is 0 Å². The lowest BCUT2D eigenvalue weighted by atomic mass is 10.2. The molecule has 0 radical (unpaired) electrons. The lowest BCUT2D eigenvalue weighted by Gasteiger charge is -2.08. The van der Waals surface area contributed by atoms with Crippen LogP contribution in [0.3, 0.4) is 0 Å². The van der Waals surface area contributed by atoms with Crippen molar-refractivity contribution in [1.82, 2.24) is 5.48 Å². The molecule has 0 aliphatic heterocycles. The second-order valence-corrected chi connectivity index (χ2v) is 2.83. The molecule has 15 heavy (non-hydrogen) atoms. The fourth-order valence-electron chi connectivity index (χ4n) is 1.06. The van der Waals surface area contributed by atoms with E-state index in [1.54, 1.807) is 7.11 Å². The third kappa shape index (κ3) is 3.57. The molecule has 1 amide bonds. The zero-order valence-corrected chi connectivity index (χ0v) is 8.53. The molecule has 0 aliphatic carbocycles. The maximum atomic E-state index is 10.8. The molecule has 82 valence electrons. The van der Waals surface area contributed by atoms with Crippen molar-refractivity contribution in [1.29, 1.82) is 0 Å². The molecule has 0 heterocycles. The smallest absolute Gasteiger partial charge is 0.257 e. The van der Waals surface area contributed by atoms with E-state index in [0.717, 1.165) is 11.3 Å². The fraction of sp³-hybridized carbons (Fsp3) is 0.300. The number of carbonyl (C=O) groups excluding carboxylic acids is 1. The highest BCUT2D eigenvalue weighted by Crippen LogP contribution is 2.17. The number of carbonyl (C=O) groups is 1. The molecule has 1 rings (SSSR count). The molecule has 3 N–H and O–H groups in total. The molecule has 0 atom stereocenters. The number of para-hydroxylation sites is 1. The molecular formula is C10H14N2O3. The molecule has 1 aromatic rings. The second-order valence-electron chi connectivity index (χ2n) is 2.83. The molecule has 5 heteroatoms. The van der Waals surface area contributed by atoms with Crippen molar-refractivity contribution in [2.45, 2.75) is 6.61 Å². The van der Waals surface area contributed by atoms with Gasteiger partial charge in [0.05, 0.1) is 13.7 Å². The molecule has 0 aliphatic rings. The number of nitrogens with two attached hydrogens (primary N) is 1. The van der Waals surface area contributed by atoms with Gasteiger partial charge in [-0.3, -0.25) is 9.63 Å². The van der Waals surface area contributed by atoms with E-state index >= 15 is 0 Å². The number of hydrogen-bond acceptors (Lipinski definition) is 4. The van der Waals surface area contributed by atoms with Gasteiger partial charge in [0.1, 0.15) is 12.4 Å². The van der Waals surface area contributed by atoms with Crippen molar-refractivity contribution in [2.75, 3.05) is 13.7 Å². The van der Waals surface area contributed by atoms with Crippen molar-refractivity contribution >= 4 is 5.91 Å². The van der Waals surface area contributed by atoms with E-state index in [2.05, 4.69) is 5.48 Å². The molecule has 0 aromatic heterocycles. The maximum absolute atomic E-state index is 10.8. The van der Waals surface area contributed by atoms with Crippen molar-refractivity contribution in [2.24, 2.45) is 5.73 Å². The van der Waals surface area contributed by atoms with E-state index in [1.807, 2.05) is 24.3 Å².